The predicted octanol–water partition coefficient (Wildman–Crippen LogP) is 6.21. The van der Waals surface area contributed by atoms with Gasteiger partial charge in [0, 0.05) is 0 Å². The maximum absolute atomic E-state index is 13.6. The van der Waals surface area contributed by atoms with Crippen molar-refractivity contribution in [3.63, 3.8) is 0 Å². The maximum atomic E-state index is 13.6. The molecule has 0 N–H and O–H groups in total. The summed E-state index contributed by atoms with van der Waals surface area (Å²) < 4.78 is 27.0. The van der Waals surface area contributed by atoms with E-state index < -0.39 is 25.3 Å². The fourth-order valence-corrected chi connectivity index (χ4v) is 6.56. The van der Waals surface area contributed by atoms with Crippen molar-refractivity contribution in [1.29, 1.82) is 0 Å². The van der Waals surface area contributed by atoms with Crippen molar-refractivity contribution in [2.75, 3.05) is 6.48 Å². The molecule has 4 aliphatic rings. The molecular formula is C28H36BNO4. The Kier molecular flexibility index (Phi) is 5.69. The van der Waals surface area contributed by atoms with Crippen molar-refractivity contribution in [2.24, 2.45) is 17.3 Å². The third-order valence-electron chi connectivity index (χ3n) is 8.86. The average molecular weight is 462 g/mol. The van der Waals surface area contributed by atoms with Gasteiger partial charge in [0.1, 0.15) is 6.48 Å². The van der Waals surface area contributed by atoms with Gasteiger partial charge in [0.15, 0.2) is 0 Å². The van der Waals surface area contributed by atoms with Gasteiger partial charge in [-0.2, -0.15) is 0 Å². The zero-order chi connectivity index (χ0) is 25.0. The lowest BCUT2D eigenvalue weighted by Crippen LogP contribution is -2.65. The van der Waals surface area contributed by atoms with Gasteiger partial charge in [-0.1, -0.05) is 74.5 Å². The van der Waals surface area contributed by atoms with Crippen LogP contribution in [-0.2, 0) is 14.0 Å². The minimum absolute atomic E-state index is 0.0570. The average Bonchev–Trinajstić information content (AvgIpc) is 3.22. The molecule has 180 valence electrons. The number of hydrogen-bond acceptors (Lipinski definition) is 4. The maximum Gasteiger partial charge on any atom is 0.498 e. The van der Waals surface area contributed by atoms with E-state index in [0.29, 0.717) is 11.8 Å². The molecule has 3 aliphatic carbocycles. The number of ether oxygens (including phenoxy) is 1. The van der Waals surface area contributed by atoms with Crippen LogP contribution in [-0.4, -0.2) is 36.3 Å². The van der Waals surface area contributed by atoms with Gasteiger partial charge >= 0.3 is 13.2 Å². The predicted molar refractivity (Wildman–Crippen MR) is 133 cm³/mol. The molecule has 1 heterocycles. The molecular weight excluding hydrogens is 425 g/mol. The highest BCUT2D eigenvalue weighted by molar-refractivity contribution is 6.45. The Balaban J connectivity index is 1.33. The van der Waals surface area contributed by atoms with Gasteiger partial charge in [-0.15, -0.1) is 0 Å². The molecule has 1 amide bonds. The van der Waals surface area contributed by atoms with Gasteiger partial charge in [0.2, 0.25) is 0 Å². The minimum atomic E-state index is -1.27. The number of benzene rings is 2. The highest BCUT2D eigenvalue weighted by atomic mass is 16.7. The second-order valence-corrected chi connectivity index (χ2v) is 10.9. The van der Waals surface area contributed by atoms with Crippen molar-refractivity contribution >= 4 is 13.2 Å². The number of hydrogen-bond donors (Lipinski definition) is 0. The first-order chi connectivity index (χ1) is 16.6. The summed E-state index contributed by atoms with van der Waals surface area (Å²) >= 11 is 0. The van der Waals surface area contributed by atoms with Crippen LogP contribution in [0.15, 0.2) is 60.7 Å². The molecule has 0 radical (unpaired) electrons. The first-order valence-corrected chi connectivity index (χ1v) is 12.5. The summed E-state index contributed by atoms with van der Waals surface area (Å²) in [6.07, 6.45) is 1.46. The summed E-state index contributed by atoms with van der Waals surface area (Å²) in [5, 5.41) is 0. The molecule has 0 spiro atoms. The first-order valence-electron chi connectivity index (χ1n) is 13.0. The van der Waals surface area contributed by atoms with Crippen LogP contribution in [0.1, 0.15) is 72.0 Å². The lowest BCUT2D eigenvalue weighted by atomic mass is 9.43. The van der Waals surface area contributed by atoms with Crippen LogP contribution in [0.5, 0.6) is 0 Å². The molecule has 1 unspecified atom stereocenters. The Bertz CT molecular complexity index is 1010. The Hall–Kier alpha value is -2.31. The highest BCUT2D eigenvalue weighted by Gasteiger charge is 2.67. The molecule has 6 heteroatoms. The summed E-state index contributed by atoms with van der Waals surface area (Å²) in [4.78, 5) is 15.3. The smallest absolute Gasteiger partial charge is 0.452 e. The summed E-state index contributed by atoms with van der Waals surface area (Å²) in [6, 6.07) is 19.3. The second kappa shape index (κ2) is 8.73. The largest absolute Gasteiger partial charge is 0.498 e. The van der Waals surface area contributed by atoms with Gasteiger partial charge in [0.25, 0.3) is 0 Å². The molecule has 2 bridgehead atoms. The number of amides is 1. The van der Waals surface area contributed by atoms with Crippen molar-refractivity contribution in [3.05, 3.63) is 71.8 Å². The number of carbonyl (C=O) groups is 1. The summed E-state index contributed by atoms with van der Waals surface area (Å²) in [7, 11) is -0.884. The van der Waals surface area contributed by atoms with Crippen LogP contribution in [0, 0.1) is 17.3 Å². The van der Waals surface area contributed by atoms with Gasteiger partial charge < -0.3 is 14.0 Å². The summed E-state index contributed by atoms with van der Waals surface area (Å²) in [5.41, 5.74) is 1.78. The molecule has 0 aromatic heterocycles. The van der Waals surface area contributed by atoms with Gasteiger partial charge in [-0.3, -0.25) is 4.90 Å². The van der Waals surface area contributed by atoms with Crippen LogP contribution in [0.2, 0.25) is 0 Å². The fourth-order valence-electron chi connectivity index (χ4n) is 6.56. The topological polar surface area (TPSA) is 48.0 Å². The molecule has 3 saturated carbocycles. The monoisotopic (exact) mass is 462 g/mol. The molecule has 1 aliphatic heterocycles. The SMILES string of the molecule is [2H]C(OC(=O)N([C@H](C)c1ccccc1)[C@H](C)c1ccccc1)B1O[C@@H]2C[C@@H]3C[C@@H](C3(C)C)[C@]2(C)O1. The van der Waals surface area contributed by atoms with E-state index in [1.165, 1.54) is 0 Å². The molecule has 7 atom stereocenters. The fraction of sp³-hybridized carbons (Fsp3) is 0.536. The third-order valence-corrected chi connectivity index (χ3v) is 8.86. The Labute approximate surface area is 205 Å². The minimum Gasteiger partial charge on any atom is -0.452 e. The zero-order valence-electron chi connectivity index (χ0n) is 21.8. The van der Waals surface area contributed by atoms with Crippen molar-refractivity contribution in [3.8, 4) is 0 Å². The molecule has 4 fully saturated rings. The Morgan fingerprint density at radius 3 is 2.15 bits per heavy atom. The van der Waals surface area contributed by atoms with Gasteiger partial charge in [-0.05, 0) is 62.0 Å². The molecule has 2 aromatic carbocycles. The standard InChI is InChI=1S/C28H36BNO4/c1-19(21-12-8-6-9-13-21)30(20(2)22-14-10-7-11-15-22)26(31)32-18-29-33-25-17-23-16-24(27(23,3)4)28(25,5)34-29/h6-15,19-20,23-25H,16-18H2,1-5H3/t19-,20-,23+,24+,25-,28+/m1/s1/i18D/t18?,19-,20-,23+,24+,25-,28+. The Morgan fingerprint density at radius 2 is 1.62 bits per heavy atom. The summed E-state index contributed by atoms with van der Waals surface area (Å²) in [5.74, 6) is 1.01. The van der Waals surface area contributed by atoms with E-state index in [-0.39, 0.29) is 23.6 Å². The summed E-state index contributed by atoms with van der Waals surface area (Å²) in [6.45, 7) is 9.42. The van der Waals surface area contributed by atoms with E-state index in [9.17, 15) is 4.79 Å². The van der Waals surface area contributed by atoms with Gasteiger partial charge in [0.05, 0.1) is 25.2 Å². The van der Waals surface area contributed by atoms with E-state index in [1.807, 2.05) is 74.5 Å². The number of nitrogens with zero attached hydrogens (tertiary/aromatic N) is 1. The second-order valence-electron chi connectivity index (χ2n) is 10.9. The highest BCUT2D eigenvalue weighted by Crippen LogP contribution is 2.65. The lowest BCUT2D eigenvalue weighted by Gasteiger charge is -2.64. The van der Waals surface area contributed by atoms with Crippen LogP contribution in [0.3, 0.4) is 0 Å². The van der Waals surface area contributed by atoms with Crippen LogP contribution < -0.4 is 0 Å². The van der Waals surface area contributed by atoms with Crippen molar-refractivity contribution < 1.29 is 20.2 Å². The lowest BCUT2D eigenvalue weighted by molar-refractivity contribution is -0.199. The molecule has 5 nitrogen and oxygen atoms in total. The molecule has 2 aromatic rings. The van der Waals surface area contributed by atoms with Crippen LogP contribution >= 0.6 is 0 Å². The molecule has 1 saturated heterocycles. The van der Waals surface area contributed by atoms with Crippen molar-refractivity contribution in [2.45, 2.75) is 71.2 Å². The van der Waals surface area contributed by atoms with Gasteiger partial charge in [-0.25, -0.2) is 4.79 Å². The van der Waals surface area contributed by atoms with E-state index in [4.69, 9.17) is 15.4 Å². The van der Waals surface area contributed by atoms with Crippen LogP contribution in [0.4, 0.5) is 4.79 Å². The normalized spacial score (nSPS) is 32.0. The number of rotatable bonds is 6. The van der Waals surface area contributed by atoms with E-state index >= 15 is 0 Å². The van der Waals surface area contributed by atoms with E-state index in [0.717, 1.165) is 24.0 Å². The van der Waals surface area contributed by atoms with Crippen molar-refractivity contribution in [1.82, 2.24) is 4.90 Å². The first kappa shape index (κ1) is 22.2. The molecule has 34 heavy (non-hydrogen) atoms. The van der Waals surface area contributed by atoms with Crippen LogP contribution in [0.25, 0.3) is 0 Å². The molecule has 6 rings (SSSR count). The van der Waals surface area contributed by atoms with E-state index in [2.05, 4.69) is 20.8 Å². The third kappa shape index (κ3) is 3.85. The number of carbonyl (C=O) groups excluding carboxylic acids is 1. The quantitative estimate of drug-likeness (QED) is 0.479. The zero-order valence-corrected chi connectivity index (χ0v) is 20.8. The Morgan fingerprint density at radius 1 is 1.06 bits per heavy atom. The van der Waals surface area contributed by atoms with E-state index in [1.54, 1.807) is 4.90 Å².